The van der Waals surface area contributed by atoms with E-state index in [-0.39, 0.29) is 0 Å². The Morgan fingerprint density at radius 3 is 2.42 bits per heavy atom. The van der Waals surface area contributed by atoms with Crippen molar-refractivity contribution >= 4 is 5.97 Å². The molecule has 0 saturated carbocycles. The Labute approximate surface area is 68.0 Å². The molecule has 6 nitrogen and oxygen atoms in total. The molecule has 1 saturated heterocycles. The number of aliphatic hydroxyl groups is 4. The van der Waals surface area contributed by atoms with E-state index in [0.717, 1.165) is 0 Å². The first-order chi connectivity index (χ1) is 5.57. The summed E-state index contributed by atoms with van der Waals surface area (Å²) in [5, 5.41) is 35.3. The zero-order valence-corrected chi connectivity index (χ0v) is 6.12. The van der Waals surface area contributed by atoms with Gasteiger partial charge in [-0.15, -0.1) is 0 Å². The van der Waals surface area contributed by atoms with E-state index >= 15 is 0 Å². The Morgan fingerprint density at radius 1 is 1.50 bits per heavy atom. The molecule has 0 amide bonds. The predicted octanol–water partition coefficient (Wildman–Crippen LogP) is -3.01. The Balaban J connectivity index is 2.64. The van der Waals surface area contributed by atoms with Crippen molar-refractivity contribution in [2.75, 3.05) is 6.61 Å². The summed E-state index contributed by atoms with van der Waals surface area (Å²) in [6, 6.07) is 0. The molecule has 1 fully saturated rings. The van der Waals surface area contributed by atoms with Gasteiger partial charge in [0.15, 0.2) is 12.2 Å². The van der Waals surface area contributed by atoms with Crippen LogP contribution in [0.1, 0.15) is 0 Å². The van der Waals surface area contributed by atoms with E-state index < -0.39 is 37.0 Å². The average Bonchev–Trinajstić information content (AvgIpc) is 2.32. The maximum atomic E-state index is 10.6. The summed E-state index contributed by atoms with van der Waals surface area (Å²) < 4.78 is 4.39. The van der Waals surface area contributed by atoms with Gasteiger partial charge in [0, 0.05) is 0 Å². The van der Waals surface area contributed by atoms with Crippen LogP contribution in [0.3, 0.4) is 0 Å². The Morgan fingerprint density at radius 2 is 2.08 bits per heavy atom. The summed E-state index contributed by atoms with van der Waals surface area (Å²) in [6.45, 7) is -0.637. The zero-order chi connectivity index (χ0) is 9.30. The number of carbonyl (C=O) groups is 1. The fraction of sp³-hybridized carbons (Fsp3) is 0.833. The zero-order valence-electron chi connectivity index (χ0n) is 6.12. The lowest BCUT2D eigenvalue weighted by Gasteiger charge is -2.17. The Bertz CT molecular complexity index is 181. The van der Waals surface area contributed by atoms with Crippen LogP contribution in [0.15, 0.2) is 0 Å². The number of carbonyl (C=O) groups excluding carboxylic acids is 1. The van der Waals surface area contributed by atoms with Crippen LogP contribution in [-0.2, 0) is 9.53 Å². The minimum Gasteiger partial charge on any atom is -0.455 e. The molecule has 0 aromatic heterocycles. The van der Waals surface area contributed by atoms with Gasteiger partial charge in [-0.1, -0.05) is 0 Å². The van der Waals surface area contributed by atoms with Gasteiger partial charge >= 0.3 is 5.97 Å². The molecule has 1 heterocycles. The molecule has 0 aliphatic carbocycles. The van der Waals surface area contributed by atoms with Gasteiger partial charge in [0.1, 0.15) is 12.2 Å². The number of cyclic esters (lactones) is 1. The molecular weight excluding hydrogens is 168 g/mol. The van der Waals surface area contributed by atoms with Gasteiger partial charge in [0.05, 0.1) is 6.61 Å². The third kappa shape index (κ3) is 1.42. The molecule has 70 valence electrons. The number of ether oxygens (including phenoxy) is 1. The van der Waals surface area contributed by atoms with Crippen molar-refractivity contribution in [3.05, 3.63) is 0 Å². The average molecular weight is 178 g/mol. The normalized spacial score (nSPS) is 38.0. The summed E-state index contributed by atoms with van der Waals surface area (Å²) in [5.74, 6) is -0.986. The highest BCUT2D eigenvalue weighted by Gasteiger charge is 2.45. The number of hydrogen-bond donors (Lipinski definition) is 4. The van der Waals surface area contributed by atoms with Crippen molar-refractivity contribution in [1.82, 2.24) is 0 Å². The van der Waals surface area contributed by atoms with Gasteiger partial charge in [-0.05, 0) is 0 Å². The number of hydrogen-bond acceptors (Lipinski definition) is 6. The first kappa shape index (κ1) is 9.40. The van der Waals surface area contributed by atoms with Crippen molar-refractivity contribution in [2.24, 2.45) is 0 Å². The molecule has 4 N–H and O–H groups in total. The maximum Gasteiger partial charge on any atom is 0.338 e. The van der Waals surface area contributed by atoms with Gasteiger partial charge in [-0.25, -0.2) is 4.79 Å². The molecule has 3 unspecified atom stereocenters. The van der Waals surface area contributed by atoms with E-state index in [9.17, 15) is 4.79 Å². The molecule has 0 aromatic carbocycles. The van der Waals surface area contributed by atoms with Crippen LogP contribution in [0.5, 0.6) is 0 Å². The molecule has 1 aliphatic rings. The maximum absolute atomic E-state index is 10.6. The van der Waals surface area contributed by atoms with Gasteiger partial charge in [0.25, 0.3) is 0 Å². The van der Waals surface area contributed by atoms with Crippen LogP contribution in [-0.4, -0.2) is 57.4 Å². The minimum atomic E-state index is -1.63. The van der Waals surface area contributed by atoms with E-state index in [4.69, 9.17) is 20.4 Å². The first-order valence-electron chi connectivity index (χ1n) is 3.43. The third-order valence-electron chi connectivity index (χ3n) is 1.72. The summed E-state index contributed by atoms with van der Waals surface area (Å²) >= 11 is 0. The number of aliphatic hydroxyl groups excluding tert-OH is 4. The molecule has 0 aromatic rings. The highest BCUT2D eigenvalue weighted by molar-refractivity contribution is 5.77. The smallest absolute Gasteiger partial charge is 0.338 e. The van der Waals surface area contributed by atoms with Crippen LogP contribution < -0.4 is 0 Å². The van der Waals surface area contributed by atoms with Crippen LogP contribution in [0.4, 0.5) is 0 Å². The molecule has 1 rings (SSSR count). The second-order valence-corrected chi connectivity index (χ2v) is 2.59. The predicted molar refractivity (Wildman–Crippen MR) is 35.0 cm³/mol. The second kappa shape index (κ2) is 3.36. The monoisotopic (exact) mass is 178 g/mol. The van der Waals surface area contributed by atoms with Gasteiger partial charge in [-0.2, -0.15) is 0 Å². The number of rotatable bonds is 2. The van der Waals surface area contributed by atoms with E-state index in [1.807, 2.05) is 0 Å². The Kier molecular flexibility index (Phi) is 2.63. The number of esters is 1. The quantitative estimate of drug-likeness (QED) is 0.335. The lowest BCUT2D eigenvalue weighted by atomic mass is 10.1. The molecule has 1 aliphatic heterocycles. The summed E-state index contributed by atoms with van der Waals surface area (Å²) in [4.78, 5) is 10.6. The lowest BCUT2D eigenvalue weighted by Crippen LogP contribution is -2.40. The van der Waals surface area contributed by atoms with Crippen LogP contribution >= 0.6 is 0 Å². The summed E-state index contributed by atoms with van der Waals surface area (Å²) in [7, 11) is 0. The third-order valence-corrected chi connectivity index (χ3v) is 1.72. The largest absolute Gasteiger partial charge is 0.455 e. The van der Waals surface area contributed by atoms with Crippen molar-refractivity contribution in [3.63, 3.8) is 0 Å². The van der Waals surface area contributed by atoms with E-state index in [0.29, 0.717) is 0 Å². The van der Waals surface area contributed by atoms with E-state index in [2.05, 4.69) is 4.74 Å². The van der Waals surface area contributed by atoms with Gasteiger partial charge < -0.3 is 25.2 Å². The molecule has 0 bridgehead atoms. The van der Waals surface area contributed by atoms with Crippen molar-refractivity contribution in [1.29, 1.82) is 0 Å². The summed E-state index contributed by atoms with van der Waals surface area (Å²) in [6.07, 6.45) is -5.70. The molecule has 6 heteroatoms. The molecule has 0 radical (unpaired) electrons. The van der Waals surface area contributed by atoms with Gasteiger partial charge in [0.2, 0.25) is 0 Å². The second-order valence-electron chi connectivity index (χ2n) is 2.59. The summed E-state index contributed by atoms with van der Waals surface area (Å²) in [5.41, 5.74) is 0. The fourth-order valence-corrected chi connectivity index (χ4v) is 1.00. The molecule has 0 spiro atoms. The van der Waals surface area contributed by atoms with Crippen molar-refractivity contribution in [2.45, 2.75) is 24.4 Å². The molecule has 12 heavy (non-hydrogen) atoms. The van der Waals surface area contributed by atoms with E-state index in [1.165, 1.54) is 0 Å². The van der Waals surface area contributed by atoms with Crippen LogP contribution in [0, 0.1) is 0 Å². The minimum absolute atomic E-state index is 0.637. The first-order valence-corrected chi connectivity index (χ1v) is 3.43. The topological polar surface area (TPSA) is 107 Å². The van der Waals surface area contributed by atoms with Crippen molar-refractivity contribution in [3.8, 4) is 0 Å². The molecular formula is C6H10O6. The van der Waals surface area contributed by atoms with Crippen LogP contribution in [0.2, 0.25) is 0 Å². The van der Waals surface area contributed by atoms with Crippen molar-refractivity contribution < 1.29 is 30.0 Å². The van der Waals surface area contributed by atoms with Crippen LogP contribution in [0.25, 0.3) is 0 Å². The SMILES string of the molecule is O=C1O[C@H](C(O)CO)C(O)C1O. The lowest BCUT2D eigenvalue weighted by molar-refractivity contribution is -0.151. The fourth-order valence-electron chi connectivity index (χ4n) is 1.00. The standard InChI is InChI=1S/C6H10O6/c7-1-2(8)5-3(9)4(10)6(11)12-5/h2-5,7-10H,1H2/t2?,3?,4?,5-/m1/s1. The highest BCUT2D eigenvalue weighted by Crippen LogP contribution is 2.18. The van der Waals surface area contributed by atoms with Gasteiger partial charge in [-0.3, -0.25) is 0 Å². The van der Waals surface area contributed by atoms with E-state index in [1.54, 1.807) is 0 Å². The highest BCUT2D eigenvalue weighted by atomic mass is 16.6. The molecule has 4 atom stereocenters. The Hall–Kier alpha value is -0.690.